The number of hydrogen-bond acceptors (Lipinski definition) is 4. The summed E-state index contributed by atoms with van der Waals surface area (Å²) in [6, 6.07) is 0.518. The lowest BCUT2D eigenvalue weighted by Gasteiger charge is -2.30. The first-order valence-electron chi connectivity index (χ1n) is 7.73. The SMILES string of the molecule is CCNC1(C(=O)OCC)CCC(N(C)CC2CC2)C1. The third-order valence-electron chi connectivity index (χ3n) is 4.54. The second kappa shape index (κ2) is 6.23. The molecular weight excluding hydrogens is 240 g/mol. The normalized spacial score (nSPS) is 30.8. The van der Waals surface area contributed by atoms with Crippen LogP contribution in [0.4, 0.5) is 0 Å². The molecule has 2 rings (SSSR count). The molecule has 0 aliphatic heterocycles. The maximum absolute atomic E-state index is 12.3. The maximum Gasteiger partial charge on any atom is 0.326 e. The minimum absolute atomic E-state index is 0.0563. The fourth-order valence-electron chi connectivity index (χ4n) is 3.28. The van der Waals surface area contributed by atoms with E-state index in [-0.39, 0.29) is 5.97 Å². The van der Waals surface area contributed by atoms with Crippen LogP contribution in [0.1, 0.15) is 46.0 Å². The largest absolute Gasteiger partial charge is 0.465 e. The molecule has 0 saturated heterocycles. The van der Waals surface area contributed by atoms with Gasteiger partial charge in [0.25, 0.3) is 0 Å². The van der Waals surface area contributed by atoms with Gasteiger partial charge in [-0.15, -0.1) is 0 Å². The molecule has 0 radical (unpaired) electrons. The first kappa shape index (κ1) is 14.8. The van der Waals surface area contributed by atoms with Crippen LogP contribution in [0.25, 0.3) is 0 Å². The van der Waals surface area contributed by atoms with E-state index in [0.717, 1.165) is 31.7 Å². The number of rotatable bonds is 7. The molecule has 2 aliphatic rings. The van der Waals surface area contributed by atoms with Crippen molar-refractivity contribution in [2.24, 2.45) is 5.92 Å². The van der Waals surface area contributed by atoms with E-state index in [2.05, 4.69) is 24.2 Å². The van der Waals surface area contributed by atoms with Crippen molar-refractivity contribution in [3.8, 4) is 0 Å². The molecule has 2 aliphatic carbocycles. The van der Waals surface area contributed by atoms with Gasteiger partial charge >= 0.3 is 5.97 Å². The second-order valence-corrected chi connectivity index (χ2v) is 6.11. The van der Waals surface area contributed by atoms with E-state index in [1.807, 2.05) is 6.92 Å². The maximum atomic E-state index is 12.3. The van der Waals surface area contributed by atoms with Crippen molar-refractivity contribution >= 4 is 5.97 Å². The molecule has 2 fully saturated rings. The topological polar surface area (TPSA) is 41.6 Å². The Morgan fingerprint density at radius 2 is 2.11 bits per heavy atom. The van der Waals surface area contributed by atoms with E-state index >= 15 is 0 Å². The van der Waals surface area contributed by atoms with Crippen molar-refractivity contribution in [2.45, 2.75) is 57.5 Å². The number of ether oxygens (including phenoxy) is 1. The molecule has 0 heterocycles. The third-order valence-corrected chi connectivity index (χ3v) is 4.54. The summed E-state index contributed by atoms with van der Waals surface area (Å²) in [6.07, 6.45) is 5.65. The van der Waals surface area contributed by atoms with Gasteiger partial charge in [-0.2, -0.15) is 0 Å². The van der Waals surface area contributed by atoms with Crippen LogP contribution in [0.15, 0.2) is 0 Å². The van der Waals surface area contributed by atoms with Gasteiger partial charge in [0, 0.05) is 12.6 Å². The highest BCUT2D eigenvalue weighted by Crippen LogP contribution is 2.36. The summed E-state index contributed by atoms with van der Waals surface area (Å²) >= 11 is 0. The van der Waals surface area contributed by atoms with Crippen LogP contribution in [0, 0.1) is 5.92 Å². The van der Waals surface area contributed by atoms with Crippen molar-refractivity contribution in [2.75, 3.05) is 26.7 Å². The van der Waals surface area contributed by atoms with E-state index in [4.69, 9.17) is 4.74 Å². The Kier molecular flexibility index (Phi) is 4.85. The number of nitrogens with one attached hydrogen (secondary N) is 1. The molecular formula is C15H28N2O2. The Morgan fingerprint density at radius 3 is 2.68 bits per heavy atom. The molecule has 0 aromatic rings. The van der Waals surface area contributed by atoms with Gasteiger partial charge in [-0.3, -0.25) is 4.79 Å². The average molecular weight is 268 g/mol. The van der Waals surface area contributed by atoms with Crippen LogP contribution in [0.2, 0.25) is 0 Å². The quantitative estimate of drug-likeness (QED) is 0.715. The molecule has 2 unspecified atom stereocenters. The first-order chi connectivity index (χ1) is 9.11. The zero-order valence-corrected chi connectivity index (χ0v) is 12.6. The lowest BCUT2D eigenvalue weighted by Crippen LogP contribution is -2.52. The Bertz CT molecular complexity index is 317. The van der Waals surface area contributed by atoms with Crippen molar-refractivity contribution < 1.29 is 9.53 Å². The lowest BCUT2D eigenvalue weighted by atomic mass is 9.97. The first-order valence-corrected chi connectivity index (χ1v) is 7.73. The molecule has 2 atom stereocenters. The molecule has 0 bridgehead atoms. The Labute approximate surface area is 116 Å². The average Bonchev–Trinajstić information content (AvgIpc) is 3.07. The lowest BCUT2D eigenvalue weighted by molar-refractivity contribution is -0.151. The molecule has 0 aromatic carbocycles. The van der Waals surface area contributed by atoms with Gasteiger partial charge in [0.15, 0.2) is 0 Å². The van der Waals surface area contributed by atoms with Gasteiger partial charge in [-0.1, -0.05) is 6.92 Å². The highest BCUT2D eigenvalue weighted by molar-refractivity contribution is 5.81. The van der Waals surface area contributed by atoms with Gasteiger partial charge in [0.1, 0.15) is 5.54 Å². The van der Waals surface area contributed by atoms with Crippen LogP contribution >= 0.6 is 0 Å². The minimum atomic E-state index is -0.437. The zero-order chi connectivity index (χ0) is 13.9. The molecule has 4 heteroatoms. The van der Waals surface area contributed by atoms with E-state index in [0.29, 0.717) is 12.6 Å². The van der Waals surface area contributed by atoms with Crippen molar-refractivity contribution in [3.05, 3.63) is 0 Å². The third kappa shape index (κ3) is 3.48. The van der Waals surface area contributed by atoms with Gasteiger partial charge in [0.2, 0.25) is 0 Å². The van der Waals surface area contributed by atoms with Crippen molar-refractivity contribution in [1.29, 1.82) is 0 Å². The van der Waals surface area contributed by atoms with E-state index in [1.165, 1.54) is 19.4 Å². The molecule has 1 N–H and O–H groups in total. The highest BCUT2D eigenvalue weighted by atomic mass is 16.5. The van der Waals surface area contributed by atoms with E-state index in [1.54, 1.807) is 0 Å². The molecule has 4 nitrogen and oxygen atoms in total. The van der Waals surface area contributed by atoms with Crippen LogP contribution in [0.5, 0.6) is 0 Å². The minimum Gasteiger partial charge on any atom is -0.465 e. The molecule has 110 valence electrons. The number of carbonyl (C=O) groups excluding carboxylic acids is 1. The summed E-state index contributed by atoms with van der Waals surface area (Å²) in [5.41, 5.74) is -0.437. The van der Waals surface area contributed by atoms with Crippen molar-refractivity contribution in [1.82, 2.24) is 10.2 Å². The summed E-state index contributed by atoms with van der Waals surface area (Å²) < 4.78 is 5.28. The van der Waals surface area contributed by atoms with E-state index in [9.17, 15) is 4.79 Å². The fourth-order valence-corrected chi connectivity index (χ4v) is 3.28. The molecule has 2 saturated carbocycles. The molecule has 19 heavy (non-hydrogen) atoms. The van der Waals surface area contributed by atoms with Gasteiger partial charge in [-0.05, 0) is 58.5 Å². The Morgan fingerprint density at radius 1 is 1.37 bits per heavy atom. The fraction of sp³-hybridized carbons (Fsp3) is 0.933. The number of likely N-dealkylation sites (N-methyl/N-ethyl adjacent to an activating group) is 1. The van der Waals surface area contributed by atoms with E-state index < -0.39 is 5.54 Å². The smallest absolute Gasteiger partial charge is 0.326 e. The van der Waals surface area contributed by atoms with Gasteiger partial charge in [0.05, 0.1) is 6.61 Å². The second-order valence-electron chi connectivity index (χ2n) is 6.11. The summed E-state index contributed by atoms with van der Waals surface area (Å²) in [4.78, 5) is 14.7. The van der Waals surface area contributed by atoms with Crippen LogP contribution in [-0.4, -0.2) is 49.2 Å². The Balaban J connectivity index is 1.95. The molecule has 0 amide bonds. The zero-order valence-electron chi connectivity index (χ0n) is 12.6. The number of hydrogen-bond donors (Lipinski definition) is 1. The standard InChI is InChI=1S/C15H28N2O2/c1-4-16-15(14(18)19-5-2)9-8-13(10-15)17(3)11-12-6-7-12/h12-13,16H,4-11H2,1-3H3. The van der Waals surface area contributed by atoms with Crippen molar-refractivity contribution in [3.63, 3.8) is 0 Å². The predicted molar refractivity (Wildman–Crippen MR) is 76.0 cm³/mol. The summed E-state index contributed by atoms with van der Waals surface area (Å²) in [5, 5.41) is 3.40. The summed E-state index contributed by atoms with van der Waals surface area (Å²) in [7, 11) is 2.20. The number of nitrogens with zero attached hydrogens (tertiary/aromatic N) is 1. The summed E-state index contributed by atoms with van der Waals surface area (Å²) in [6.45, 7) is 6.41. The Hall–Kier alpha value is -0.610. The van der Waals surface area contributed by atoms with Gasteiger partial charge in [-0.25, -0.2) is 0 Å². The van der Waals surface area contributed by atoms with Crippen LogP contribution in [0.3, 0.4) is 0 Å². The number of carbonyl (C=O) groups is 1. The van der Waals surface area contributed by atoms with Crippen LogP contribution in [-0.2, 0) is 9.53 Å². The highest BCUT2D eigenvalue weighted by Gasteiger charge is 2.47. The predicted octanol–water partition coefficient (Wildman–Crippen LogP) is 1.79. The monoisotopic (exact) mass is 268 g/mol. The molecule has 0 aromatic heterocycles. The van der Waals surface area contributed by atoms with Gasteiger partial charge < -0.3 is 15.0 Å². The van der Waals surface area contributed by atoms with Crippen LogP contribution < -0.4 is 5.32 Å². The summed E-state index contributed by atoms with van der Waals surface area (Å²) in [5.74, 6) is 0.848. The number of esters is 1. The molecule has 0 spiro atoms.